The van der Waals surface area contributed by atoms with Crippen molar-refractivity contribution in [2.24, 2.45) is 0 Å². The fourth-order valence-corrected chi connectivity index (χ4v) is 0.0732. The molecule has 0 unspecified atom stereocenters. The van der Waals surface area contributed by atoms with Crippen LogP contribution in [0, 0.1) is 5.53 Å². The van der Waals surface area contributed by atoms with Crippen molar-refractivity contribution in [2.75, 3.05) is 0 Å². The second-order valence-electron chi connectivity index (χ2n) is 0.800. The summed E-state index contributed by atoms with van der Waals surface area (Å²) in [4.78, 5) is 2.01. The predicted octanol–water partition coefficient (Wildman–Crippen LogP) is 0.859. The van der Waals surface area contributed by atoms with Crippen LogP contribution in [0.5, 0.6) is 0 Å². The molecule has 0 aromatic carbocycles. The van der Waals surface area contributed by atoms with Crippen LogP contribution >= 0.6 is 0 Å². The second-order valence-corrected chi connectivity index (χ2v) is 0.800. The Morgan fingerprint density at radius 3 is 1.86 bits per heavy atom. The number of nitrogens with zero attached hydrogens (tertiary/aromatic N) is 1. The molecule has 0 fully saturated rings. The van der Waals surface area contributed by atoms with Gasteiger partial charge in [-0.25, -0.2) is 0 Å². The third kappa shape index (κ3) is 5.17. The summed E-state index contributed by atoms with van der Waals surface area (Å²) in [6.45, 7) is 0. The molecule has 1 N–H and O–H groups in total. The Kier molecular flexibility index (Phi) is 1.54. The highest BCUT2D eigenvalue weighted by molar-refractivity contribution is 5.57. The average Bonchev–Trinajstić information content (AvgIpc) is 1.30. The first-order valence-electron chi connectivity index (χ1n) is 1.34. The van der Waals surface area contributed by atoms with Crippen molar-refractivity contribution in [1.82, 2.24) is 0 Å². The van der Waals surface area contributed by atoms with Gasteiger partial charge in [0, 0.05) is 0 Å². The first-order valence-corrected chi connectivity index (χ1v) is 1.34. The molecule has 0 amide bonds. The molecular weight excluding hydrogens is 109 g/mol. The molecule has 2 nitrogen and oxygen atoms in total. The van der Waals surface area contributed by atoms with Gasteiger partial charge in [-0.2, -0.15) is 13.2 Å². The summed E-state index contributed by atoms with van der Waals surface area (Å²) in [6, 6.07) is 0. The third-order valence-corrected chi connectivity index (χ3v) is 0.211. The summed E-state index contributed by atoms with van der Waals surface area (Å²) >= 11 is 0. The highest BCUT2D eigenvalue weighted by Crippen LogP contribution is 2.08. The van der Waals surface area contributed by atoms with Gasteiger partial charge < -0.3 is 0 Å². The van der Waals surface area contributed by atoms with Gasteiger partial charge in [-0.3, -0.25) is 0 Å². The van der Waals surface area contributed by atoms with E-state index in [0.29, 0.717) is 0 Å². The van der Waals surface area contributed by atoms with Gasteiger partial charge in [0.2, 0.25) is 0 Å². The fraction of sp³-hybridized carbons (Fsp3) is 0.500. The Balaban J connectivity index is 3.80. The van der Waals surface area contributed by atoms with E-state index in [-0.39, 0.29) is 0 Å². The van der Waals surface area contributed by atoms with Crippen LogP contribution in [0.15, 0.2) is 0 Å². The van der Waals surface area contributed by atoms with Gasteiger partial charge in [0.25, 0.3) is 0 Å². The number of halogens is 3. The minimum Gasteiger partial charge on any atom is -0.160 e. The van der Waals surface area contributed by atoms with Crippen molar-refractivity contribution in [1.29, 1.82) is 5.53 Å². The van der Waals surface area contributed by atoms with Crippen LogP contribution in [-0.4, -0.2) is 17.2 Å². The van der Waals surface area contributed by atoms with Crippen LogP contribution < -0.4 is 0 Å². The van der Waals surface area contributed by atoms with E-state index in [9.17, 15) is 13.2 Å². The molecule has 0 aliphatic heterocycles. The van der Waals surface area contributed by atoms with Gasteiger partial charge in [0.15, 0.2) is 0 Å². The van der Waals surface area contributed by atoms with Crippen molar-refractivity contribution in [2.45, 2.75) is 6.18 Å². The normalized spacial score (nSPS) is 10.1. The maximum atomic E-state index is 10.8. The summed E-state index contributed by atoms with van der Waals surface area (Å²) in [5, 5.41) is 0. The largest absolute Gasteiger partial charge is 0.491 e. The quantitative estimate of drug-likeness (QED) is 0.273. The molecule has 0 saturated heterocycles. The minimum atomic E-state index is -4.43. The molecule has 0 heterocycles. The number of nitrogens with one attached hydrogen (secondary N) is 1. The van der Waals surface area contributed by atoms with E-state index >= 15 is 0 Å². The zero-order valence-electron chi connectivity index (χ0n) is 3.16. The van der Waals surface area contributed by atoms with Gasteiger partial charge in [0.05, 0.1) is 10.3 Å². The fourth-order valence-electron chi connectivity index (χ4n) is 0.0732. The summed E-state index contributed by atoms with van der Waals surface area (Å²) < 4.78 is 32.4. The molecule has 0 aromatic heterocycles. The van der Waals surface area contributed by atoms with E-state index in [2.05, 4.69) is 0 Å². The average molecular weight is 111 g/mol. The van der Waals surface area contributed by atoms with Crippen molar-refractivity contribution in [3.8, 4) is 0 Å². The Labute approximate surface area is 37.2 Å². The molecule has 0 aliphatic carbocycles. The van der Waals surface area contributed by atoms with E-state index in [4.69, 9.17) is 5.53 Å². The molecule has 0 radical (unpaired) electrons. The van der Waals surface area contributed by atoms with E-state index in [1.807, 2.05) is 4.79 Å². The summed E-state index contributed by atoms with van der Waals surface area (Å²) in [5.74, 6) is 0. The maximum absolute atomic E-state index is 10.8. The molecule has 0 spiro atoms. The van der Waals surface area contributed by atoms with Crippen LogP contribution in [0.2, 0.25) is 0 Å². The smallest absolute Gasteiger partial charge is 0.160 e. The van der Waals surface area contributed by atoms with Crippen LogP contribution in [0.3, 0.4) is 0 Å². The van der Waals surface area contributed by atoms with Gasteiger partial charge in [-0.05, 0) is 0 Å². The second kappa shape index (κ2) is 1.75. The number of alkyl halides is 3. The molecule has 0 aromatic rings. The molecule has 40 valence electrons. The minimum absolute atomic E-state index is 0.396. The monoisotopic (exact) mass is 111 g/mol. The van der Waals surface area contributed by atoms with Crippen LogP contribution in [0.1, 0.15) is 0 Å². The molecule has 0 saturated carbocycles. The zero-order valence-corrected chi connectivity index (χ0v) is 3.16. The van der Waals surface area contributed by atoms with Gasteiger partial charge in [-0.15, -0.1) is 0 Å². The highest BCUT2D eigenvalue weighted by Gasteiger charge is 2.31. The summed E-state index contributed by atoms with van der Waals surface area (Å²) in [6.07, 6.45) is -4.82. The first kappa shape index (κ1) is 6.17. The molecule has 0 rings (SSSR count). The van der Waals surface area contributed by atoms with Crippen molar-refractivity contribution >= 4 is 6.21 Å². The maximum Gasteiger partial charge on any atom is 0.491 e. The van der Waals surface area contributed by atoms with E-state index in [1.165, 1.54) is 0 Å². The highest BCUT2D eigenvalue weighted by atomic mass is 19.4. The zero-order chi connectivity index (χ0) is 5.91. The topological polar surface area (TPSA) is 38.0 Å². The first-order chi connectivity index (χ1) is 3.06. The summed E-state index contributed by atoms with van der Waals surface area (Å²) in [5.41, 5.74) is 5.71. The third-order valence-electron chi connectivity index (χ3n) is 0.211. The molecule has 0 atom stereocenters. The Morgan fingerprint density at radius 2 is 1.86 bits per heavy atom. The number of hydrogen-bond acceptors (Lipinski definition) is 1. The van der Waals surface area contributed by atoms with Crippen LogP contribution in [-0.2, 0) is 0 Å². The molecule has 7 heavy (non-hydrogen) atoms. The predicted molar refractivity (Wildman–Crippen MR) is 15.1 cm³/mol. The van der Waals surface area contributed by atoms with Crippen molar-refractivity contribution in [3.63, 3.8) is 0 Å². The molecular formula is C2H2F3N2+. The standard InChI is InChI=1S/C2H2F3N2/c3-2(4,5)1-7-6/h1,6H/q+1. The Bertz CT molecular complexity index is 98.0. The lowest BCUT2D eigenvalue weighted by atomic mass is 10.7. The molecule has 0 aliphatic rings. The lowest BCUT2D eigenvalue weighted by Crippen LogP contribution is -2.08. The van der Waals surface area contributed by atoms with E-state index < -0.39 is 12.4 Å². The van der Waals surface area contributed by atoms with Crippen LogP contribution in [0.4, 0.5) is 13.2 Å². The van der Waals surface area contributed by atoms with Gasteiger partial charge in [0.1, 0.15) is 0 Å². The molecule has 5 heteroatoms. The van der Waals surface area contributed by atoms with Gasteiger partial charge in [-0.1, -0.05) is 0 Å². The number of rotatable bonds is 0. The van der Waals surface area contributed by atoms with Gasteiger partial charge >= 0.3 is 12.4 Å². The van der Waals surface area contributed by atoms with Crippen molar-refractivity contribution < 1.29 is 18.0 Å². The van der Waals surface area contributed by atoms with Crippen LogP contribution in [0.25, 0.3) is 0 Å². The lowest BCUT2D eigenvalue weighted by molar-refractivity contribution is -0.156. The van der Waals surface area contributed by atoms with E-state index in [0.717, 1.165) is 0 Å². The Hall–Kier alpha value is -0.830. The lowest BCUT2D eigenvalue weighted by Gasteiger charge is -1.83. The Morgan fingerprint density at radius 1 is 1.43 bits per heavy atom. The van der Waals surface area contributed by atoms with E-state index in [1.54, 1.807) is 0 Å². The SMILES string of the molecule is N=[N+]=CC(F)(F)F. The molecule has 0 bridgehead atoms. The van der Waals surface area contributed by atoms with Crippen molar-refractivity contribution in [3.05, 3.63) is 0 Å². The summed E-state index contributed by atoms with van der Waals surface area (Å²) in [7, 11) is 0. The number of hydrogen-bond donors (Lipinski definition) is 1.